The van der Waals surface area contributed by atoms with E-state index in [1.54, 1.807) is 12.3 Å². The van der Waals surface area contributed by atoms with Crippen molar-refractivity contribution in [3.63, 3.8) is 0 Å². The quantitative estimate of drug-likeness (QED) is 0.617. The van der Waals surface area contributed by atoms with Gasteiger partial charge in [-0.3, -0.25) is 0 Å². The summed E-state index contributed by atoms with van der Waals surface area (Å²) in [5.41, 5.74) is 6.31. The molecule has 4 heteroatoms. The Morgan fingerprint density at radius 2 is 2.67 bits per heavy atom. The minimum absolute atomic E-state index is 0.163. The van der Waals surface area contributed by atoms with Crippen molar-refractivity contribution in [2.24, 2.45) is 5.73 Å². The SMILES string of the molecule is C=CC(N)c1cnsn1. The third kappa shape index (κ3) is 1.34. The third-order valence-corrected chi connectivity index (χ3v) is 1.47. The van der Waals surface area contributed by atoms with E-state index in [-0.39, 0.29) is 6.04 Å². The molecule has 1 heterocycles. The highest BCUT2D eigenvalue weighted by Gasteiger charge is 2.01. The topological polar surface area (TPSA) is 51.8 Å². The molecular weight excluding hydrogens is 134 g/mol. The molecule has 2 N–H and O–H groups in total. The molecule has 0 aliphatic heterocycles. The van der Waals surface area contributed by atoms with E-state index in [4.69, 9.17) is 5.73 Å². The summed E-state index contributed by atoms with van der Waals surface area (Å²) < 4.78 is 7.72. The molecule has 0 spiro atoms. The maximum Gasteiger partial charge on any atom is 0.0949 e. The molecule has 0 saturated carbocycles. The van der Waals surface area contributed by atoms with Crippen LogP contribution in [-0.4, -0.2) is 8.75 Å². The fraction of sp³-hybridized carbons (Fsp3) is 0.200. The van der Waals surface area contributed by atoms with Crippen LogP contribution in [0.15, 0.2) is 18.9 Å². The van der Waals surface area contributed by atoms with Crippen LogP contribution in [0.2, 0.25) is 0 Å². The zero-order valence-corrected chi connectivity index (χ0v) is 5.64. The van der Waals surface area contributed by atoms with Gasteiger partial charge in [-0.2, -0.15) is 8.75 Å². The Hall–Kier alpha value is -0.740. The third-order valence-electron chi connectivity index (χ3n) is 0.974. The number of aromatic nitrogens is 2. The van der Waals surface area contributed by atoms with Gasteiger partial charge in [0.25, 0.3) is 0 Å². The average molecular weight is 141 g/mol. The minimum Gasteiger partial charge on any atom is -0.319 e. The Labute approximate surface area is 57.5 Å². The summed E-state index contributed by atoms with van der Waals surface area (Å²) in [6, 6.07) is -0.163. The van der Waals surface area contributed by atoms with Gasteiger partial charge in [0, 0.05) is 0 Å². The lowest BCUT2D eigenvalue weighted by Gasteiger charge is -1.96. The molecule has 0 aliphatic rings. The van der Waals surface area contributed by atoms with Crippen molar-refractivity contribution in [3.8, 4) is 0 Å². The number of hydrogen-bond donors (Lipinski definition) is 1. The molecule has 48 valence electrons. The van der Waals surface area contributed by atoms with Gasteiger partial charge in [-0.1, -0.05) is 6.08 Å². The van der Waals surface area contributed by atoms with Crippen LogP contribution in [0.25, 0.3) is 0 Å². The Balaban J connectivity index is 2.76. The van der Waals surface area contributed by atoms with Crippen molar-refractivity contribution >= 4 is 11.7 Å². The lowest BCUT2D eigenvalue weighted by atomic mass is 10.2. The zero-order chi connectivity index (χ0) is 6.69. The molecule has 9 heavy (non-hydrogen) atoms. The number of nitrogens with two attached hydrogens (primary N) is 1. The first-order chi connectivity index (χ1) is 4.34. The van der Waals surface area contributed by atoms with Crippen molar-refractivity contribution in [2.75, 3.05) is 0 Å². The molecule has 0 aliphatic carbocycles. The highest BCUT2D eigenvalue weighted by Crippen LogP contribution is 2.06. The predicted octanol–water partition coefficient (Wildman–Crippen LogP) is 0.724. The number of nitrogens with zero attached hydrogens (tertiary/aromatic N) is 2. The van der Waals surface area contributed by atoms with E-state index in [2.05, 4.69) is 15.3 Å². The van der Waals surface area contributed by atoms with Crippen molar-refractivity contribution in [1.82, 2.24) is 8.75 Å². The molecule has 1 atom stereocenters. The second-order valence-electron chi connectivity index (χ2n) is 1.59. The van der Waals surface area contributed by atoms with Crippen LogP contribution in [0, 0.1) is 0 Å². The van der Waals surface area contributed by atoms with Crippen LogP contribution in [0.3, 0.4) is 0 Å². The van der Waals surface area contributed by atoms with E-state index < -0.39 is 0 Å². The first kappa shape index (κ1) is 6.38. The highest BCUT2D eigenvalue weighted by molar-refractivity contribution is 6.99. The molecule has 0 saturated heterocycles. The second kappa shape index (κ2) is 2.70. The smallest absolute Gasteiger partial charge is 0.0949 e. The molecule has 1 rings (SSSR count). The van der Waals surface area contributed by atoms with E-state index in [1.807, 2.05) is 0 Å². The monoisotopic (exact) mass is 141 g/mol. The van der Waals surface area contributed by atoms with Gasteiger partial charge in [-0.05, 0) is 0 Å². The van der Waals surface area contributed by atoms with Gasteiger partial charge in [0.2, 0.25) is 0 Å². The maximum atomic E-state index is 5.52. The molecule has 0 bridgehead atoms. The molecule has 1 aromatic rings. The lowest BCUT2D eigenvalue weighted by Crippen LogP contribution is -2.05. The lowest BCUT2D eigenvalue weighted by molar-refractivity contribution is 0.882. The summed E-state index contributed by atoms with van der Waals surface area (Å²) in [5, 5.41) is 0. The largest absolute Gasteiger partial charge is 0.319 e. The summed E-state index contributed by atoms with van der Waals surface area (Å²) in [4.78, 5) is 0. The first-order valence-corrected chi connectivity index (χ1v) is 3.23. The second-order valence-corrected chi connectivity index (χ2v) is 2.15. The number of rotatable bonds is 2. The van der Waals surface area contributed by atoms with Gasteiger partial charge in [0.15, 0.2) is 0 Å². The van der Waals surface area contributed by atoms with Gasteiger partial charge in [-0.15, -0.1) is 6.58 Å². The van der Waals surface area contributed by atoms with Crippen molar-refractivity contribution < 1.29 is 0 Å². The van der Waals surface area contributed by atoms with Crippen LogP contribution >= 0.6 is 11.7 Å². The molecule has 0 fully saturated rings. The Morgan fingerprint density at radius 3 is 3.11 bits per heavy atom. The summed E-state index contributed by atoms with van der Waals surface area (Å²) >= 11 is 1.16. The molecular formula is C5H7N3S. The van der Waals surface area contributed by atoms with Crippen LogP contribution in [0.4, 0.5) is 0 Å². The summed E-state index contributed by atoms with van der Waals surface area (Å²) in [7, 11) is 0. The average Bonchev–Trinajstić information content (AvgIpc) is 2.37. The normalized spacial score (nSPS) is 13.0. The molecule has 1 aromatic heterocycles. The van der Waals surface area contributed by atoms with Gasteiger partial charge in [0.1, 0.15) is 0 Å². The number of hydrogen-bond acceptors (Lipinski definition) is 4. The summed E-state index contributed by atoms with van der Waals surface area (Å²) in [6.07, 6.45) is 3.29. The molecule has 0 amide bonds. The fourth-order valence-electron chi connectivity index (χ4n) is 0.440. The molecule has 3 nitrogen and oxygen atoms in total. The van der Waals surface area contributed by atoms with Crippen molar-refractivity contribution in [2.45, 2.75) is 6.04 Å². The van der Waals surface area contributed by atoms with E-state index in [0.29, 0.717) is 0 Å². The van der Waals surface area contributed by atoms with Crippen molar-refractivity contribution in [1.29, 1.82) is 0 Å². The summed E-state index contributed by atoms with van der Waals surface area (Å²) in [5.74, 6) is 0. The summed E-state index contributed by atoms with van der Waals surface area (Å²) in [6.45, 7) is 3.53. The van der Waals surface area contributed by atoms with E-state index in [9.17, 15) is 0 Å². The standard InChI is InChI=1S/C5H7N3S/c1-2-4(6)5-3-7-9-8-5/h2-4H,1,6H2. The predicted molar refractivity (Wildman–Crippen MR) is 37.0 cm³/mol. The zero-order valence-electron chi connectivity index (χ0n) is 4.82. The van der Waals surface area contributed by atoms with E-state index in [0.717, 1.165) is 17.4 Å². The minimum atomic E-state index is -0.163. The Morgan fingerprint density at radius 1 is 1.89 bits per heavy atom. The Kier molecular flexibility index (Phi) is 1.92. The highest BCUT2D eigenvalue weighted by atomic mass is 32.1. The van der Waals surface area contributed by atoms with E-state index >= 15 is 0 Å². The van der Waals surface area contributed by atoms with E-state index in [1.165, 1.54) is 0 Å². The van der Waals surface area contributed by atoms with Crippen LogP contribution in [-0.2, 0) is 0 Å². The maximum absolute atomic E-state index is 5.52. The van der Waals surface area contributed by atoms with Gasteiger partial charge in [-0.25, -0.2) is 0 Å². The molecule has 0 aromatic carbocycles. The molecule has 0 radical (unpaired) electrons. The Bertz CT molecular complexity index is 182. The van der Waals surface area contributed by atoms with Crippen molar-refractivity contribution in [3.05, 3.63) is 24.5 Å². The first-order valence-electron chi connectivity index (χ1n) is 2.50. The van der Waals surface area contributed by atoms with Crippen LogP contribution in [0.5, 0.6) is 0 Å². The van der Waals surface area contributed by atoms with Crippen LogP contribution < -0.4 is 5.73 Å². The van der Waals surface area contributed by atoms with Crippen LogP contribution in [0.1, 0.15) is 11.7 Å². The van der Waals surface area contributed by atoms with Gasteiger partial charge < -0.3 is 5.73 Å². The van der Waals surface area contributed by atoms with Gasteiger partial charge in [0.05, 0.1) is 29.7 Å². The van der Waals surface area contributed by atoms with Gasteiger partial charge >= 0.3 is 0 Å². The fourth-order valence-corrected chi connectivity index (χ4v) is 0.905. The molecule has 1 unspecified atom stereocenters.